The molecule has 1 aromatic carbocycles. The van der Waals surface area contributed by atoms with Crippen LogP contribution in [-0.4, -0.2) is 32.7 Å². The van der Waals surface area contributed by atoms with E-state index >= 15 is 0 Å². The first-order valence-corrected chi connectivity index (χ1v) is 8.07. The molecule has 0 saturated carbocycles. The molecule has 0 unspecified atom stereocenters. The number of allylic oxidation sites excluding steroid dienone is 1. The van der Waals surface area contributed by atoms with Gasteiger partial charge in [0.15, 0.2) is 0 Å². The molecule has 1 fully saturated rings. The van der Waals surface area contributed by atoms with E-state index < -0.39 is 5.97 Å². The molecule has 0 spiro atoms. The molecule has 1 N–H and O–H groups in total. The molecular formula is C16H17NO3S2. The lowest BCUT2D eigenvalue weighted by Crippen LogP contribution is -2.30. The van der Waals surface area contributed by atoms with Gasteiger partial charge < -0.3 is 5.11 Å². The van der Waals surface area contributed by atoms with Gasteiger partial charge in [-0.1, -0.05) is 42.2 Å². The number of hydrogen-bond acceptors (Lipinski definition) is 4. The normalized spacial score (nSPS) is 17.1. The van der Waals surface area contributed by atoms with Crippen molar-refractivity contribution in [2.24, 2.45) is 0 Å². The van der Waals surface area contributed by atoms with E-state index in [1.54, 1.807) is 0 Å². The number of benzene rings is 1. The predicted octanol–water partition coefficient (Wildman–Crippen LogP) is 3.37. The molecule has 1 heterocycles. The smallest absolute Gasteiger partial charge is 0.305 e. The van der Waals surface area contributed by atoms with Crippen molar-refractivity contribution in [2.45, 2.75) is 27.2 Å². The zero-order valence-corrected chi connectivity index (χ0v) is 14.3. The van der Waals surface area contributed by atoms with E-state index in [2.05, 4.69) is 6.07 Å². The molecule has 0 aromatic heterocycles. The van der Waals surface area contributed by atoms with Gasteiger partial charge in [-0.25, -0.2) is 0 Å². The maximum absolute atomic E-state index is 12.5. The summed E-state index contributed by atoms with van der Waals surface area (Å²) in [4.78, 5) is 25.1. The summed E-state index contributed by atoms with van der Waals surface area (Å²) >= 11 is 6.44. The molecule has 0 radical (unpaired) electrons. The number of nitrogens with zero attached hydrogens (tertiary/aromatic N) is 1. The first-order chi connectivity index (χ1) is 10.3. The second-order valence-electron chi connectivity index (χ2n) is 5.22. The van der Waals surface area contributed by atoms with E-state index in [-0.39, 0.29) is 18.9 Å². The Hall–Kier alpha value is -1.66. The minimum atomic E-state index is -0.941. The number of carbonyl (C=O) groups excluding carboxylic acids is 1. The first kappa shape index (κ1) is 16.7. The van der Waals surface area contributed by atoms with Crippen molar-refractivity contribution in [3.63, 3.8) is 0 Å². The number of rotatable bonds is 4. The highest BCUT2D eigenvalue weighted by molar-refractivity contribution is 8.26. The SMILES string of the molecule is CC(=C1SC(=S)N(CCC(=O)O)C1=O)c1ccc(C)c(C)c1. The van der Waals surface area contributed by atoms with Crippen molar-refractivity contribution in [2.75, 3.05) is 6.54 Å². The van der Waals surface area contributed by atoms with Crippen molar-refractivity contribution < 1.29 is 14.7 Å². The van der Waals surface area contributed by atoms with E-state index in [4.69, 9.17) is 17.3 Å². The van der Waals surface area contributed by atoms with Gasteiger partial charge in [-0.3, -0.25) is 14.5 Å². The van der Waals surface area contributed by atoms with Crippen LogP contribution in [0.2, 0.25) is 0 Å². The van der Waals surface area contributed by atoms with Crippen LogP contribution in [0.3, 0.4) is 0 Å². The van der Waals surface area contributed by atoms with Gasteiger partial charge in [-0.15, -0.1) is 0 Å². The summed E-state index contributed by atoms with van der Waals surface area (Å²) in [5, 5.41) is 8.76. The number of carbonyl (C=O) groups is 2. The zero-order valence-electron chi connectivity index (χ0n) is 12.7. The summed E-state index contributed by atoms with van der Waals surface area (Å²) in [5.74, 6) is -1.14. The Bertz CT molecular complexity index is 695. The van der Waals surface area contributed by atoms with Crippen molar-refractivity contribution in [1.29, 1.82) is 0 Å². The molecule has 0 bridgehead atoms. The third-order valence-corrected chi connectivity index (χ3v) is 5.23. The molecule has 0 aliphatic carbocycles. The maximum Gasteiger partial charge on any atom is 0.305 e. The minimum Gasteiger partial charge on any atom is -0.481 e. The van der Waals surface area contributed by atoms with Crippen LogP contribution < -0.4 is 0 Å². The van der Waals surface area contributed by atoms with Crippen molar-refractivity contribution in [3.8, 4) is 0 Å². The molecule has 0 atom stereocenters. The Kier molecular flexibility index (Phi) is 5.03. The van der Waals surface area contributed by atoms with E-state index in [1.807, 2.05) is 32.9 Å². The van der Waals surface area contributed by atoms with Gasteiger partial charge in [0.1, 0.15) is 4.32 Å². The van der Waals surface area contributed by atoms with E-state index in [9.17, 15) is 9.59 Å². The summed E-state index contributed by atoms with van der Waals surface area (Å²) in [7, 11) is 0. The Labute approximate surface area is 139 Å². The zero-order chi connectivity index (χ0) is 16.4. The van der Waals surface area contributed by atoms with Gasteiger partial charge in [-0.2, -0.15) is 0 Å². The molecular weight excluding hydrogens is 318 g/mol. The van der Waals surface area contributed by atoms with Gasteiger partial charge in [0.05, 0.1) is 11.3 Å². The Balaban J connectivity index is 2.31. The quantitative estimate of drug-likeness (QED) is 0.675. The number of aryl methyl sites for hydroxylation is 2. The maximum atomic E-state index is 12.5. The molecule has 1 amide bonds. The Morgan fingerprint density at radius 3 is 2.59 bits per heavy atom. The highest BCUT2D eigenvalue weighted by atomic mass is 32.2. The molecule has 1 aliphatic rings. The van der Waals surface area contributed by atoms with E-state index in [0.717, 1.165) is 11.1 Å². The molecule has 22 heavy (non-hydrogen) atoms. The standard InChI is InChI=1S/C16H17NO3S2/c1-9-4-5-12(8-10(9)2)11(3)14-15(20)17(16(21)22-14)7-6-13(18)19/h4-5,8H,6-7H2,1-3H3,(H,18,19). The summed E-state index contributed by atoms with van der Waals surface area (Å²) in [6.07, 6.45) is -0.109. The van der Waals surface area contributed by atoms with Crippen LogP contribution in [0.4, 0.5) is 0 Å². The van der Waals surface area contributed by atoms with Crippen LogP contribution in [0.15, 0.2) is 23.1 Å². The van der Waals surface area contributed by atoms with Gasteiger partial charge in [0.2, 0.25) is 0 Å². The van der Waals surface area contributed by atoms with Crippen molar-refractivity contribution >= 4 is 45.7 Å². The fraction of sp³-hybridized carbons (Fsp3) is 0.312. The number of thioether (sulfide) groups is 1. The fourth-order valence-electron chi connectivity index (χ4n) is 2.13. The topological polar surface area (TPSA) is 57.6 Å². The van der Waals surface area contributed by atoms with Gasteiger partial charge >= 0.3 is 5.97 Å². The molecule has 1 aromatic rings. The first-order valence-electron chi connectivity index (χ1n) is 6.85. The van der Waals surface area contributed by atoms with Crippen LogP contribution in [0.5, 0.6) is 0 Å². The highest BCUT2D eigenvalue weighted by Gasteiger charge is 2.33. The van der Waals surface area contributed by atoms with Crippen LogP contribution >= 0.6 is 24.0 Å². The largest absolute Gasteiger partial charge is 0.481 e. The van der Waals surface area contributed by atoms with Crippen LogP contribution in [0.1, 0.15) is 30.0 Å². The average Bonchev–Trinajstić information content (AvgIpc) is 2.74. The number of amides is 1. The van der Waals surface area contributed by atoms with Gasteiger partial charge in [-0.05, 0) is 43.0 Å². The summed E-state index contributed by atoms with van der Waals surface area (Å²) < 4.78 is 0.421. The van der Waals surface area contributed by atoms with Crippen molar-refractivity contribution in [3.05, 3.63) is 39.8 Å². The predicted molar refractivity (Wildman–Crippen MR) is 92.7 cm³/mol. The molecule has 1 saturated heterocycles. The second kappa shape index (κ2) is 6.62. The van der Waals surface area contributed by atoms with Crippen molar-refractivity contribution in [1.82, 2.24) is 4.90 Å². The lowest BCUT2D eigenvalue weighted by molar-refractivity contribution is -0.137. The number of thiocarbonyl (C=S) groups is 1. The molecule has 2 rings (SSSR count). The van der Waals surface area contributed by atoms with Crippen LogP contribution in [0.25, 0.3) is 5.57 Å². The number of hydrogen-bond donors (Lipinski definition) is 1. The number of carboxylic acid groups (broad SMARTS) is 1. The molecule has 1 aliphatic heterocycles. The Morgan fingerprint density at radius 1 is 1.32 bits per heavy atom. The van der Waals surface area contributed by atoms with Crippen LogP contribution in [0, 0.1) is 13.8 Å². The van der Waals surface area contributed by atoms with Gasteiger partial charge in [0, 0.05) is 6.54 Å². The summed E-state index contributed by atoms with van der Waals surface area (Å²) in [6.45, 7) is 6.08. The highest BCUT2D eigenvalue weighted by Crippen LogP contribution is 2.36. The van der Waals surface area contributed by atoms with Crippen LogP contribution in [-0.2, 0) is 9.59 Å². The summed E-state index contributed by atoms with van der Waals surface area (Å²) in [5.41, 5.74) is 4.23. The lowest BCUT2D eigenvalue weighted by atomic mass is 10.0. The Morgan fingerprint density at radius 2 is 2.00 bits per heavy atom. The number of aliphatic carboxylic acids is 1. The minimum absolute atomic E-state index is 0.109. The van der Waals surface area contributed by atoms with Gasteiger partial charge in [0.25, 0.3) is 5.91 Å². The lowest BCUT2D eigenvalue weighted by Gasteiger charge is -2.12. The van der Waals surface area contributed by atoms with E-state index in [0.29, 0.717) is 9.23 Å². The fourth-order valence-corrected chi connectivity index (χ4v) is 3.49. The molecule has 6 heteroatoms. The molecule has 116 valence electrons. The van der Waals surface area contributed by atoms with E-state index in [1.165, 1.54) is 27.8 Å². The monoisotopic (exact) mass is 335 g/mol. The average molecular weight is 335 g/mol. The third kappa shape index (κ3) is 3.39. The third-order valence-electron chi connectivity index (χ3n) is 3.68. The molecule has 4 nitrogen and oxygen atoms in total. The summed E-state index contributed by atoms with van der Waals surface area (Å²) in [6, 6.07) is 6.06. The number of carboxylic acids is 1. The second-order valence-corrected chi connectivity index (χ2v) is 6.87.